The molecule has 0 aromatic heterocycles. The summed E-state index contributed by atoms with van der Waals surface area (Å²) in [6.07, 6.45) is 3.63. The lowest BCUT2D eigenvalue weighted by molar-refractivity contribution is 0.188. The molecule has 0 spiro atoms. The summed E-state index contributed by atoms with van der Waals surface area (Å²) in [5.74, 6) is 1.77. The molecule has 1 aliphatic rings. The minimum atomic E-state index is 0.761. The molecule has 2 rings (SSSR count). The fourth-order valence-electron chi connectivity index (χ4n) is 2.81. The second-order valence-corrected chi connectivity index (χ2v) is 6.15. The van der Waals surface area contributed by atoms with E-state index in [-0.39, 0.29) is 0 Å². The predicted molar refractivity (Wildman–Crippen MR) is 82.6 cm³/mol. The molecule has 0 radical (unpaired) electrons. The number of piperidine rings is 1. The zero-order valence-corrected chi connectivity index (χ0v) is 13.2. The van der Waals surface area contributed by atoms with Crippen LogP contribution < -0.4 is 10.5 Å². The van der Waals surface area contributed by atoms with Crippen molar-refractivity contribution in [3.05, 3.63) is 28.2 Å². The predicted octanol–water partition coefficient (Wildman–Crippen LogP) is 2.67. The van der Waals surface area contributed by atoms with Gasteiger partial charge in [0.25, 0.3) is 0 Å². The Morgan fingerprint density at radius 2 is 2.11 bits per heavy atom. The highest BCUT2D eigenvalue weighted by atomic mass is 79.9. The number of hydrogen-bond acceptors (Lipinski definition) is 3. The lowest BCUT2D eigenvalue weighted by Crippen LogP contribution is -2.37. The van der Waals surface area contributed by atoms with Crippen LogP contribution >= 0.6 is 15.9 Å². The highest BCUT2D eigenvalue weighted by Gasteiger charge is 2.20. The molecule has 0 saturated carbocycles. The average molecular weight is 327 g/mol. The topological polar surface area (TPSA) is 38.5 Å². The monoisotopic (exact) mass is 326 g/mol. The molecule has 0 aliphatic carbocycles. The summed E-state index contributed by atoms with van der Waals surface area (Å²) in [7, 11) is 1.75. The molecule has 1 fully saturated rings. The van der Waals surface area contributed by atoms with Gasteiger partial charge < -0.3 is 15.4 Å². The van der Waals surface area contributed by atoms with Gasteiger partial charge in [-0.3, -0.25) is 0 Å². The van der Waals surface area contributed by atoms with E-state index in [0.29, 0.717) is 0 Å². The zero-order chi connectivity index (χ0) is 13.7. The molecule has 19 heavy (non-hydrogen) atoms. The number of likely N-dealkylation sites (tertiary alicyclic amines) is 1. The van der Waals surface area contributed by atoms with Crippen molar-refractivity contribution in [1.82, 2.24) is 4.90 Å². The Hall–Kier alpha value is -0.580. The van der Waals surface area contributed by atoms with E-state index >= 15 is 0 Å². The van der Waals surface area contributed by atoms with Crippen LogP contribution in [0.3, 0.4) is 0 Å². The number of nitrogens with zero attached hydrogens (tertiary/aromatic N) is 1. The molecule has 3 nitrogen and oxygen atoms in total. The van der Waals surface area contributed by atoms with Gasteiger partial charge in [0.05, 0.1) is 7.11 Å². The van der Waals surface area contributed by atoms with Crippen molar-refractivity contribution >= 4 is 15.9 Å². The van der Waals surface area contributed by atoms with Crippen molar-refractivity contribution in [2.45, 2.75) is 19.3 Å². The summed E-state index contributed by atoms with van der Waals surface area (Å²) in [5.41, 5.74) is 6.92. The van der Waals surface area contributed by atoms with Crippen LogP contribution in [0.2, 0.25) is 0 Å². The first kappa shape index (κ1) is 14.8. The summed E-state index contributed by atoms with van der Waals surface area (Å²) >= 11 is 3.54. The summed E-state index contributed by atoms with van der Waals surface area (Å²) < 4.78 is 6.58. The first-order chi connectivity index (χ1) is 9.22. The van der Waals surface area contributed by atoms with Crippen molar-refractivity contribution in [1.29, 1.82) is 0 Å². The third-order valence-electron chi connectivity index (χ3n) is 3.90. The quantitative estimate of drug-likeness (QED) is 0.904. The third kappa shape index (κ3) is 4.20. The van der Waals surface area contributed by atoms with Gasteiger partial charge in [-0.15, -0.1) is 0 Å². The number of rotatable bonds is 5. The molecule has 1 aromatic carbocycles. The number of halogens is 1. The Morgan fingerprint density at radius 3 is 2.74 bits per heavy atom. The molecule has 1 aromatic rings. The Balaban J connectivity index is 1.93. The molecule has 106 valence electrons. The highest BCUT2D eigenvalue weighted by molar-refractivity contribution is 9.10. The van der Waals surface area contributed by atoms with Crippen LogP contribution in [0.4, 0.5) is 0 Å². The minimum absolute atomic E-state index is 0.761. The highest BCUT2D eigenvalue weighted by Crippen LogP contribution is 2.29. The van der Waals surface area contributed by atoms with E-state index in [9.17, 15) is 0 Å². The number of hydrogen-bond donors (Lipinski definition) is 1. The fourth-order valence-corrected chi connectivity index (χ4v) is 3.22. The molecular weight excluding hydrogens is 304 g/mol. The van der Waals surface area contributed by atoms with E-state index < -0.39 is 0 Å². The standard InChI is InChI=1S/C15H23BrN2O/c1-19-15-3-2-14(16)11-13(15)10-12-4-7-18(8-5-12)9-6-17/h2-3,11-12H,4-10,17H2,1H3. The Kier molecular flexibility index (Phi) is 5.67. The second kappa shape index (κ2) is 7.27. The van der Waals surface area contributed by atoms with Crippen LogP contribution in [-0.4, -0.2) is 38.2 Å². The van der Waals surface area contributed by atoms with Crippen LogP contribution in [0, 0.1) is 5.92 Å². The molecule has 0 atom stereocenters. The van der Waals surface area contributed by atoms with Crippen molar-refractivity contribution in [3.63, 3.8) is 0 Å². The van der Waals surface area contributed by atoms with Crippen LogP contribution in [-0.2, 0) is 6.42 Å². The largest absolute Gasteiger partial charge is 0.496 e. The number of methoxy groups -OCH3 is 1. The van der Waals surface area contributed by atoms with Gasteiger partial charge in [0.15, 0.2) is 0 Å². The van der Waals surface area contributed by atoms with E-state index in [0.717, 1.165) is 35.7 Å². The van der Waals surface area contributed by atoms with E-state index in [4.69, 9.17) is 10.5 Å². The molecule has 4 heteroatoms. The molecule has 0 bridgehead atoms. The minimum Gasteiger partial charge on any atom is -0.496 e. The molecule has 1 heterocycles. The normalized spacial score (nSPS) is 17.6. The van der Waals surface area contributed by atoms with Gasteiger partial charge >= 0.3 is 0 Å². The van der Waals surface area contributed by atoms with Gasteiger partial charge in [-0.05, 0) is 62.0 Å². The molecule has 1 saturated heterocycles. The molecule has 2 N–H and O–H groups in total. The van der Waals surface area contributed by atoms with E-state index in [1.807, 2.05) is 12.1 Å². The van der Waals surface area contributed by atoms with Crippen molar-refractivity contribution < 1.29 is 4.74 Å². The van der Waals surface area contributed by atoms with Gasteiger partial charge in [-0.1, -0.05) is 15.9 Å². The first-order valence-corrected chi connectivity index (χ1v) is 7.77. The molecular formula is C15H23BrN2O. The number of ether oxygens (including phenoxy) is 1. The SMILES string of the molecule is COc1ccc(Br)cc1CC1CCN(CCN)CC1. The van der Waals surface area contributed by atoms with Gasteiger partial charge in [0.1, 0.15) is 5.75 Å². The van der Waals surface area contributed by atoms with E-state index in [1.54, 1.807) is 7.11 Å². The summed E-state index contributed by atoms with van der Waals surface area (Å²) in [6, 6.07) is 6.26. The lowest BCUT2D eigenvalue weighted by atomic mass is 9.90. The third-order valence-corrected chi connectivity index (χ3v) is 4.40. The maximum Gasteiger partial charge on any atom is 0.122 e. The molecule has 0 amide bonds. The van der Waals surface area contributed by atoms with Gasteiger partial charge in [-0.25, -0.2) is 0 Å². The van der Waals surface area contributed by atoms with E-state index in [2.05, 4.69) is 26.9 Å². The zero-order valence-electron chi connectivity index (χ0n) is 11.6. The fraction of sp³-hybridized carbons (Fsp3) is 0.600. The van der Waals surface area contributed by atoms with Crippen LogP contribution in [0.1, 0.15) is 18.4 Å². The summed E-state index contributed by atoms with van der Waals surface area (Å²) in [4.78, 5) is 2.47. The van der Waals surface area contributed by atoms with Crippen LogP contribution in [0.5, 0.6) is 5.75 Å². The number of nitrogens with two attached hydrogens (primary N) is 1. The van der Waals surface area contributed by atoms with Gasteiger partial charge in [-0.2, -0.15) is 0 Å². The lowest BCUT2D eigenvalue weighted by Gasteiger charge is -2.31. The Morgan fingerprint density at radius 1 is 1.37 bits per heavy atom. The van der Waals surface area contributed by atoms with Crippen LogP contribution in [0.15, 0.2) is 22.7 Å². The average Bonchev–Trinajstić information content (AvgIpc) is 2.42. The molecule has 1 aliphatic heterocycles. The smallest absolute Gasteiger partial charge is 0.122 e. The van der Waals surface area contributed by atoms with Gasteiger partial charge in [0, 0.05) is 17.6 Å². The Bertz CT molecular complexity index is 403. The number of benzene rings is 1. The maximum absolute atomic E-state index is 5.61. The first-order valence-electron chi connectivity index (χ1n) is 6.97. The van der Waals surface area contributed by atoms with Crippen molar-refractivity contribution in [2.75, 3.05) is 33.3 Å². The summed E-state index contributed by atoms with van der Waals surface area (Å²) in [6.45, 7) is 4.16. The van der Waals surface area contributed by atoms with Gasteiger partial charge in [0.2, 0.25) is 0 Å². The van der Waals surface area contributed by atoms with Crippen molar-refractivity contribution in [3.8, 4) is 5.75 Å². The van der Waals surface area contributed by atoms with E-state index in [1.165, 1.54) is 31.5 Å². The summed E-state index contributed by atoms with van der Waals surface area (Å²) in [5, 5.41) is 0. The molecule has 0 unspecified atom stereocenters. The Labute approximate surface area is 124 Å². The van der Waals surface area contributed by atoms with Crippen molar-refractivity contribution in [2.24, 2.45) is 11.7 Å². The second-order valence-electron chi connectivity index (χ2n) is 5.23. The maximum atomic E-state index is 5.61. The van der Waals surface area contributed by atoms with Crippen LogP contribution in [0.25, 0.3) is 0 Å².